The van der Waals surface area contributed by atoms with Crippen LogP contribution < -0.4 is 5.32 Å². The van der Waals surface area contributed by atoms with Gasteiger partial charge in [0.05, 0.1) is 4.75 Å². The molecular formula is C14H27NOS. The largest absolute Gasteiger partial charge is 0.355 e. The highest BCUT2D eigenvalue weighted by Crippen LogP contribution is 2.37. The van der Waals surface area contributed by atoms with Crippen molar-refractivity contribution >= 4 is 17.7 Å². The second-order valence-electron chi connectivity index (χ2n) is 6.04. The van der Waals surface area contributed by atoms with Crippen LogP contribution in [0.2, 0.25) is 0 Å². The van der Waals surface area contributed by atoms with Crippen molar-refractivity contribution in [2.45, 2.75) is 52.2 Å². The minimum atomic E-state index is -0.168. The van der Waals surface area contributed by atoms with E-state index in [1.54, 1.807) is 0 Å². The third-order valence-corrected chi connectivity index (χ3v) is 5.43. The number of rotatable bonds is 5. The lowest BCUT2D eigenvalue weighted by molar-refractivity contribution is -0.123. The zero-order valence-electron chi connectivity index (χ0n) is 11.9. The Kier molecular flexibility index (Phi) is 5.36. The van der Waals surface area contributed by atoms with Crippen molar-refractivity contribution in [3.8, 4) is 0 Å². The molecule has 0 aromatic heterocycles. The van der Waals surface area contributed by atoms with Gasteiger partial charge in [0.2, 0.25) is 5.91 Å². The van der Waals surface area contributed by atoms with Crippen molar-refractivity contribution in [2.75, 3.05) is 12.3 Å². The average Bonchev–Trinajstić information content (AvgIpc) is 2.65. The summed E-state index contributed by atoms with van der Waals surface area (Å²) < 4.78 is -0.168. The second-order valence-corrected chi connectivity index (χ2v) is 7.64. The molecule has 1 amide bonds. The van der Waals surface area contributed by atoms with Gasteiger partial charge in [0, 0.05) is 6.54 Å². The van der Waals surface area contributed by atoms with Crippen LogP contribution in [-0.2, 0) is 4.79 Å². The number of carbonyl (C=O) groups excluding carboxylic acids is 1. The SMILES string of the molecule is CC(C)C(CNC(=O)C1(C)CCCS1)C(C)C. The van der Waals surface area contributed by atoms with Gasteiger partial charge >= 0.3 is 0 Å². The highest BCUT2D eigenvalue weighted by molar-refractivity contribution is 8.01. The van der Waals surface area contributed by atoms with Crippen LogP contribution in [0.3, 0.4) is 0 Å². The lowest BCUT2D eigenvalue weighted by Gasteiger charge is -2.28. The Balaban J connectivity index is 2.46. The van der Waals surface area contributed by atoms with Crippen molar-refractivity contribution in [2.24, 2.45) is 17.8 Å². The smallest absolute Gasteiger partial charge is 0.235 e. The maximum Gasteiger partial charge on any atom is 0.235 e. The van der Waals surface area contributed by atoms with Crippen LogP contribution >= 0.6 is 11.8 Å². The van der Waals surface area contributed by atoms with Crippen molar-refractivity contribution in [1.29, 1.82) is 0 Å². The molecule has 17 heavy (non-hydrogen) atoms. The molecule has 1 aliphatic rings. The van der Waals surface area contributed by atoms with Gasteiger partial charge in [-0.2, -0.15) is 0 Å². The van der Waals surface area contributed by atoms with E-state index in [0.29, 0.717) is 17.8 Å². The molecule has 1 fully saturated rings. The van der Waals surface area contributed by atoms with Gasteiger partial charge in [-0.1, -0.05) is 27.7 Å². The molecule has 0 aromatic rings. The van der Waals surface area contributed by atoms with E-state index in [1.165, 1.54) is 6.42 Å². The molecule has 1 saturated heterocycles. The van der Waals surface area contributed by atoms with E-state index in [1.807, 2.05) is 11.8 Å². The molecule has 1 aliphatic heterocycles. The van der Waals surface area contributed by atoms with Crippen LogP contribution in [-0.4, -0.2) is 23.0 Å². The van der Waals surface area contributed by atoms with Gasteiger partial charge in [0.25, 0.3) is 0 Å². The van der Waals surface area contributed by atoms with Gasteiger partial charge in [0.1, 0.15) is 0 Å². The number of nitrogens with one attached hydrogen (secondary N) is 1. The Morgan fingerprint density at radius 2 is 1.88 bits per heavy atom. The van der Waals surface area contributed by atoms with Crippen molar-refractivity contribution in [3.05, 3.63) is 0 Å². The highest BCUT2D eigenvalue weighted by atomic mass is 32.2. The van der Waals surface area contributed by atoms with Crippen molar-refractivity contribution in [3.63, 3.8) is 0 Å². The van der Waals surface area contributed by atoms with Crippen molar-refractivity contribution < 1.29 is 4.79 Å². The molecule has 0 radical (unpaired) electrons. The summed E-state index contributed by atoms with van der Waals surface area (Å²) in [5.41, 5.74) is 0. The van der Waals surface area contributed by atoms with E-state index in [0.717, 1.165) is 18.7 Å². The first-order valence-electron chi connectivity index (χ1n) is 6.79. The Morgan fingerprint density at radius 3 is 2.29 bits per heavy atom. The maximum absolute atomic E-state index is 12.2. The molecule has 0 bridgehead atoms. The summed E-state index contributed by atoms with van der Waals surface area (Å²) in [5, 5.41) is 3.17. The molecule has 1 atom stereocenters. The van der Waals surface area contributed by atoms with Crippen LogP contribution in [0.5, 0.6) is 0 Å². The Hall–Kier alpha value is -0.180. The number of hydrogen-bond acceptors (Lipinski definition) is 2. The topological polar surface area (TPSA) is 29.1 Å². The van der Waals surface area contributed by atoms with Crippen LogP contribution in [0.4, 0.5) is 0 Å². The van der Waals surface area contributed by atoms with Crippen LogP contribution in [0.25, 0.3) is 0 Å². The number of thioether (sulfide) groups is 1. The van der Waals surface area contributed by atoms with E-state index >= 15 is 0 Å². The molecule has 2 nitrogen and oxygen atoms in total. The van der Waals surface area contributed by atoms with Gasteiger partial charge < -0.3 is 5.32 Å². The minimum absolute atomic E-state index is 0.168. The third-order valence-electron chi connectivity index (χ3n) is 3.91. The van der Waals surface area contributed by atoms with E-state index < -0.39 is 0 Å². The highest BCUT2D eigenvalue weighted by Gasteiger charge is 2.37. The number of hydrogen-bond donors (Lipinski definition) is 1. The zero-order chi connectivity index (χ0) is 13.1. The lowest BCUT2D eigenvalue weighted by atomic mass is 9.85. The summed E-state index contributed by atoms with van der Waals surface area (Å²) in [5.74, 6) is 3.20. The molecule has 1 unspecified atom stereocenters. The fourth-order valence-electron chi connectivity index (χ4n) is 2.60. The Bertz CT molecular complexity index is 249. The maximum atomic E-state index is 12.2. The molecular weight excluding hydrogens is 230 g/mol. The van der Waals surface area contributed by atoms with Gasteiger partial charge in [-0.25, -0.2) is 0 Å². The molecule has 1 heterocycles. The van der Waals surface area contributed by atoms with E-state index in [4.69, 9.17) is 0 Å². The quantitative estimate of drug-likeness (QED) is 0.818. The fraction of sp³-hybridized carbons (Fsp3) is 0.929. The summed E-state index contributed by atoms with van der Waals surface area (Å²) in [6.45, 7) is 11.9. The first-order valence-corrected chi connectivity index (χ1v) is 7.77. The summed E-state index contributed by atoms with van der Waals surface area (Å²) in [6, 6.07) is 0. The predicted octanol–water partition coefficient (Wildman–Crippen LogP) is 3.32. The molecule has 0 spiro atoms. The molecule has 0 aromatic carbocycles. The number of amides is 1. The van der Waals surface area contributed by atoms with Gasteiger partial charge in [-0.15, -0.1) is 11.8 Å². The Labute approximate surface area is 110 Å². The van der Waals surface area contributed by atoms with Gasteiger partial charge in [0.15, 0.2) is 0 Å². The standard InChI is InChI=1S/C14H27NOS/c1-10(2)12(11(3)4)9-15-13(16)14(5)7-6-8-17-14/h10-12H,6-9H2,1-5H3,(H,15,16). The summed E-state index contributed by atoms with van der Waals surface area (Å²) in [7, 11) is 0. The average molecular weight is 257 g/mol. The first kappa shape index (κ1) is 14.9. The van der Waals surface area contributed by atoms with E-state index in [9.17, 15) is 4.79 Å². The fourth-order valence-corrected chi connectivity index (χ4v) is 3.83. The van der Waals surface area contributed by atoms with Gasteiger partial charge in [-0.05, 0) is 43.3 Å². The normalized spacial score (nSPS) is 24.9. The molecule has 1 N–H and O–H groups in total. The van der Waals surface area contributed by atoms with E-state index in [2.05, 4.69) is 39.9 Å². The monoisotopic (exact) mass is 257 g/mol. The molecule has 100 valence electrons. The molecule has 0 saturated carbocycles. The van der Waals surface area contributed by atoms with Crippen LogP contribution in [0, 0.1) is 17.8 Å². The molecule has 1 rings (SSSR count). The Morgan fingerprint density at radius 1 is 1.29 bits per heavy atom. The van der Waals surface area contributed by atoms with E-state index in [-0.39, 0.29) is 10.7 Å². The summed E-state index contributed by atoms with van der Waals surface area (Å²) in [6.07, 6.45) is 2.20. The summed E-state index contributed by atoms with van der Waals surface area (Å²) >= 11 is 1.81. The van der Waals surface area contributed by atoms with Crippen molar-refractivity contribution in [1.82, 2.24) is 5.32 Å². The van der Waals surface area contributed by atoms with Crippen LogP contribution in [0.15, 0.2) is 0 Å². The number of carbonyl (C=O) groups is 1. The van der Waals surface area contributed by atoms with Crippen LogP contribution in [0.1, 0.15) is 47.5 Å². The van der Waals surface area contributed by atoms with Gasteiger partial charge in [-0.3, -0.25) is 4.79 Å². The zero-order valence-corrected chi connectivity index (χ0v) is 12.7. The lowest BCUT2D eigenvalue weighted by Crippen LogP contribution is -2.43. The molecule has 3 heteroatoms. The minimum Gasteiger partial charge on any atom is -0.355 e. The predicted molar refractivity (Wildman–Crippen MR) is 76.3 cm³/mol. The summed E-state index contributed by atoms with van der Waals surface area (Å²) in [4.78, 5) is 12.2. The third kappa shape index (κ3) is 3.90. The molecule has 0 aliphatic carbocycles. The first-order chi connectivity index (χ1) is 7.87. The second kappa shape index (κ2) is 6.12.